The van der Waals surface area contributed by atoms with Crippen LogP contribution < -0.4 is 4.90 Å². The number of carbonyl (C=O) groups is 1. The standard InChI is InChI=1S/C15H13ClN2O2/c16-13-8-17-14(7-12(13)15(19)20)18-6-5-10-3-1-2-4-11(10)9-18/h1-4,7-8H,5-6,9H2,(H,19,20). The highest BCUT2D eigenvalue weighted by Gasteiger charge is 2.19. The van der Waals surface area contributed by atoms with E-state index in [4.69, 9.17) is 16.7 Å². The summed E-state index contributed by atoms with van der Waals surface area (Å²) in [6, 6.07) is 9.82. The lowest BCUT2D eigenvalue weighted by Crippen LogP contribution is -2.31. The molecule has 2 aromatic rings. The Balaban J connectivity index is 1.92. The summed E-state index contributed by atoms with van der Waals surface area (Å²) in [4.78, 5) is 17.4. The van der Waals surface area contributed by atoms with Gasteiger partial charge in [0.25, 0.3) is 0 Å². The van der Waals surface area contributed by atoms with Crippen LogP contribution >= 0.6 is 11.6 Å². The lowest BCUT2D eigenvalue weighted by atomic mass is 10.00. The number of hydrogen-bond donors (Lipinski definition) is 1. The number of rotatable bonds is 2. The van der Waals surface area contributed by atoms with Crippen LogP contribution in [0.3, 0.4) is 0 Å². The molecule has 1 aliphatic heterocycles. The van der Waals surface area contributed by atoms with E-state index in [1.54, 1.807) is 6.07 Å². The van der Waals surface area contributed by atoms with Gasteiger partial charge in [0, 0.05) is 19.3 Å². The Morgan fingerprint density at radius 3 is 2.80 bits per heavy atom. The van der Waals surface area contributed by atoms with Crippen molar-refractivity contribution in [2.75, 3.05) is 11.4 Å². The molecule has 0 saturated heterocycles. The van der Waals surface area contributed by atoms with Gasteiger partial charge in [-0.1, -0.05) is 35.9 Å². The summed E-state index contributed by atoms with van der Waals surface area (Å²) in [5.41, 5.74) is 2.69. The molecular weight excluding hydrogens is 276 g/mol. The first-order chi connectivity index (χ1) is 9.65. The molecule has 0 spiro atoms. The van der Waals surface area contributed by atoms with E-state index in [1.807, 2.05) is 12.1 Å². The fourth-order valence-electron chi connectivity index (χ4n) is 2.46. The molecular formula is C15H13ClN2O2. The van der Waals surface area contributed by atoms with Crippen molar-refractivity contribution < 1.29 is 9.90 Å². The Labute approximate surface area is 121 Å². The number of nitrogens with zero attached hydrogens (tertiary/aromatic N) is 2. The molecule has 0 atom stereocenters. The number of hydrogen-bond acceptors (Lipinski definition) is 3. The number of carboxylic acids is 1. The molecule has 0 aliphatic carbocycles. The van der Waals surface area contributed by atoms with Crippen LogP contribution in [0.15, 0.2) is 36.5 Å². The second-order valence-corrected chi connectivity index (χ2v) is 5.17. The molecule has 1 N–H and O–H groups in total. The van der Waals surface area contributed by atoms with Gasteiger partial charge in [0.15, 0.2) is 0 Å². The number of benzene rings is 1. The van der Waals surface area contributed by atoms with Crippen molar-refractivity contribution in [2.45, 2.75) is 13.0 Å². The molecule has 2 heterocycles. The molecule has 20 heavy (non-hydrogen) atoms. The second-order valence-electron chi connectivity index (χ2n) is 4.77. The van der Waals surface area contributed by atoms with E-state index in [2.05, 4.69) is 22.0 Å². The second kappa shape index (κ2) is 5.13. The van der Waals surface area contributed by atoms with Crippen LogP contribution in [-0.2, 0) is 13.0 Å². The number of carboxylic acid groups (broad SMARTS) is 1. The minimum absolute atomic E-state index is 0.0931. The zero-order valence-electron chi connectivity index (χ0n) is 10.7. The summed E-state index contributed by atoms with van der Waals surface area (Å²) >= 11 is 5.85. The zero-order valence-corrected chi connectivity index (χ0v) is 11.5. The Bertz CT molecular complexity index is 673. The minimum atomic E-state index is -1.03. The molecule has 1 aromatic carbocycles. The third-order valence-corrected chi connectivity index (χ3v) is 3.83. The molecule has 5 heteroatoms. The van der Waals surface area contributed by atoms with E-state index in [0.29, 0.717) is 5.82 Å². The molecule has 0 fully saturated rings. The molecule has 3 rings (SSSR count). The average Bonchev–Trinajstić information content (AvgIpc) is 2.47. The zero-order chi connectivity index (χ0) is 14.1. The predicted molar refractivity (Wildman–Crippen MR) is 77.4 cm³/mol. The number of aromatic nitrogens is 1. The molecule has 1 aromatic heterocycles. The Kier molecular flexibility index (Phi) is 3.32. The normalized spacial score (nSPS) is 13.9. The summed E-state index contributed by atoms with van der Waals surface area (Å²) < 4.78 is 0. The monoisotopic (exact) mass is 288 g/mol. The van der Waals surface area contributed by atoms with Gasteiger partial charge < -0.3 is 10.0 Å². The lowest BCUT2D eigenvalue weighted by Gasteiger charge is -2.29. The van der Waals surface area contributed by atoms with Crippen LogP contribution in [0.25, 0.3) is 0 Å². The number of fused-ring (bicyclic) bond motifs is 1. The van der Waals surface area contributed by atoms with Gasteiger partial charge in [0.1, 0.15) is 5.82 Å². The van der Waals surface area contributed by atoms with Crippen molar-refractivity contribution in [1.29, 1.82) is 0 Å². The molecule has 102 valence electrons. The largest absolute Gasteiger partial charge is 0.478 e. The topological polar surface area (TPSA) is 53.4 Å². The van der Waals surface area contributed by atoms with E-state index >= 15 is 0 Å². The highest BCUT2D eigenvalue weighted by Crippen LogP contribution is 2.25. The molecule has 0 amide bonds. The maximum Gasteiger partial charge on any atom is 0.337 e. The first kappa shape index (κ1) is 12.9. The van der Waals surface area contributed by atoms with Crippen LogP contribution in [0.2, 0.25) is 5.02 Å². The third kappa shape index (κ3) is 2.34. The summed E-state index contributed by atoms with van der Waals surface area (Å²) in [6.45, 7) is 1.56. The fourth-order valence-corrected chi connectivity index (χ4v) is 2.64. The Morgan fingerprint density at radius 1 is 1.30 bits per heavy atom. The highest BCUT2D eigenvalue weighted by atomic mass is 35.5. The average molecular weight is 289 g/mol. The first-order valence-electron chi connectivity index (χ1n) is 6.36. The van der Waals surface area contributed by atoms with Crippen LogP contribution in [0.1, 0.15) is 21.5 Å². The maximum absolute atomic E-state index is 11.1. The van der Waals surface area contributed by atoms with E-state index in [1.165, 1.54) is 17.3 Å². The van der Waals surface area contributed by atoms with Gasteiger partial charge in [-0.15, -0.1) is 0 Å². The molecule has 0 unspecified atom stereocenters. The van der Waals surface area contributed by atoms with Crippen LogP contribution in [-0.4, -0.2) is 22.6 Å². The molecule has 0 radical (unpaired) electrons. The number of anilines is 1. The summed E-state index contributed by atoms with van der Waals surface area (Å²) in [7, 11) is 0. The molecule has 1 aliphatic rings. The summed E-state index contributed by atoms with van der Waals surface area (Å²) in [6.07, 6.45) is 2.34. The van der Waals surface area contributed by atoms with Crippen molar-refractivity contribution >= 4 is 23.4 Å². The van der Waals surface area contributed by atoms with Gasteiger partial charge in [0.2, 0.25) is 0 Å². The third-order valence-electron chi connectivity index (χ3n) is 3.53. The van der Waals surface area contributed by atoms with Crippen LogP contribution in [0.5, 0.6) is 0 Å². The number of pyridine rings is 1. The van der Waals surface area contributed by atoms with Crippen molar-refractivity contribution in [3.05, 3.63) is 58.2 Å². The van der Waals surface area contributed by atoms with Crippen LogP contribution in [0, 0.1) is 0 Å². The first-order valence-corrected chi connectivity index (χ1v) is 6.73. The van der Waals surface area contributed by atoms with Gasteiger partial charge in [-0.25, -0.2) is 9.78 Å². The molecule has 4 nitrogen and oxygen atoms in total. The van der Waals surface area contributed by atoms with E-state index in [9.17, 15) is 4.79 Å². The van der Waals surface area contributed by atoms with E-state index in [0.717, 1.165) is 19.5 Å². The van der Waals surface area contributed by atoms with Crippen molar-refractivity contribution in [3.63, 3.8) is 0 Å². The van der Waals surface area contributed by atoms with Gasteiger partial charge in [-0.3, -0.25) is 0 Å². The SMILES string of the molecule is O=C(O)c1cc(N2CCc3ccccc3C2)ncc1Cl. The Morgan fingerprint density at radius 2 is 2.05 bits per heavy atom. The maximum atomic E-state index is 11.1. The van der Waals surface area contributed by atoms with Gasteiger partial charge in [-0.2, -0.15) is 0 Å². The fraction of sp³-hybridized carbons (Fsp3) is 0.200. The smallest absolute Gasteiger partial charge is 0.337 e. The quantitative estimate of drug-likeness (QED) is 0.923. The summed E-state index contributed by atoms with van der Waals surface area (Å²) in [5, 5.41) is 9.28. The van der Waals surface area contributed by atoms with E-state index < -0.39 is 5.97 Å². The molecule has 0 bridgehead atoms. The van der Waals surface area contributed by atoms with Gasteiger partial charge >= 0.3 is 5.97 Å². The van der Waals surface area contributed by atoms with Crippen molar-refractivity contribution in [2.24, 2.45) is 0 Å². The number of aromatic carboxylic acids is 1. The summed E-state index contributed by atoms with van der Waals surface area (Å²) in [5.74, 6) is -0.377. The Hall–Kier alpha value is -2.07. The lowest BCUT2D eigenvalue weighted by molar-refractivity contribution is 0.0697. The highest BCUT2D eigenvalue weighted by molar-refractivity contribution is 6.33. The van der Waals surface area contributed by atoms with Gasteiger partial charge in [0.05, 0.1) is 10.6 Å². The van der Waals surface area contributed by atoms with E-state index in [-0.39, 0.29) is 10.6 Å². The molecule has 0 saturated carbocycles. The van der Waals surface area contributed by atoms with Crippen molar-refractivity contribution in [3.8, 4) is 0 Å². The van der Waals surface area contributed by atoms with Crippen molar-refractivity contribution in [1.82, 2.24) is 4.98 Å². The van der Waals surface area contributed by atoms with Gasteiger partial charge in [-0.05, 0) is 23.6 Å². The number of halogens is 1. The van der Waals surface area contributed by atoms with Crippen LogP contribution in [0.4, 0.5) is 5.82 Å². The predicted octanol–water partition coefficient (Wildman–Crippen LogP) is 3.00. The minimum Gasteiger partial charge on any atom is -0.478 e.